The van der Waals surface area contributed by atoms with Crippen LogP contribution < -0.4 is 0 Å². The highest BCUT2D eigenvalue weighted by Crippen LogP contribution is 2.00. The number of hydrogen-bond acceptors (Lipinski definition) is 2. The molecule has 0 aliphatic heterocycles. The summed E-state index contributed by atoms with van der Waals surface area (Å²) in [6, 6.07) is 1.41. The molecule has 0 aliphatic carbocycles. The molecule has 1 aromatic heterocycles. The summed E-state index contributed by atoms with van der Waals surface area (Å²) in [7, 11) is -3.92. The average molecular weight is 159 g/mol. The largest absolute Gasteiger partial charge is 0.352 e. The van der Waals surface area contributed by atoms with E-state index in [0.29, 0.717) is 5.56 Å². The van der Waals surface area contributed by atoms with Crippen LogP contribution in [0.15, 0.2) is 6.07 Å². The number of aromatic nitrogens is 1. The van der Waals surface area contributed by atoms with Gasteiger partial charge in [0.15, 0.2) is 0 Å². The van der Waals surface area contributed by atoms with E-state index < -0.39 is 15.9 Å². The Morgan fingerprint density at radius 2 is 2.40 bits per heavy atom. The fraction of sp³-hybridized carbons (Fsp3) is 0.200. The smallest absolute Gasteiger partial charge is 0.269 e. The van der Waals surface area contributed by atoms with Crippen LogP contribution in [0.25, 0.3) is 0 Å². The minimum Gasteiger partial charge on any atom is -0.352 e. The Balaban J connectivity index is 2.75. The zero-order chi connectivity index (χ0) is 7.61. The standard InChI is InChI=1S/C5H5NO3S/c7-10(8,9)4-5-1-2-6-3-5/h1,6H,4H2,(H,7,8,9). The molecule has 1 heterocycles. The topological polar surface area (TPSA) is 70.2 Å². The quantitative estimate of drug-likeness (QED) is 0.597. The summed E-state index contributed by atoms with van der Waals surface area (Å²) in [5.74, 6) is -0.410. The highest BCUT2D eigenvalue weighted by atomic mass is 32.2. The zero-order valence-corrected chi connectivity index (χ0v) is 5.77. The van der Waals surface area contributed by atoms with Crippen molar-refractivity contribution in [2.45, 2.75) is 5.75 Å². The fourth-order valence-corrected chi connectivity index (χ4v) is 1.10. The van der Waals surface area contributed by atoms with Gasteiger partial charge in [0, 0.05) is 0 Å². The maximum atomic E-state index is 10.2. The maximum Gasteiger partial charge on any atom is 0.269 e. The third-order valence-corrected chi connectivity index (χ3v) is 1.56. The highest BCUT2D eigenvalue weighted by Gasteiger charge is 2.05. The number of nitrogens with one attached hydrogen (secondary N) is 1. The van der Waals surface area contributed by atoms with Gasteiger partial charge in [-0.15, -0.1) is 0 Å². The van der Waals surface area contributed by atoms with Crippen molar-refractivity contribution >= 4 is 10.1 Å². The van der Waals surface area contributed by atoms with E-state index >= 15 is 0 Å². The third kappa shape index (κ3) is 2.20. The van der Waals surface area contributed by atoms with Crippen molar-refractivity contribution in [1.82, 2.24) is 4.98 Å². The molecule has 1 rings (SSSR count). The lowest BCUT2D eigenvalue weighted by atomic mass is 10.4. The van der Waals surface area contributed by atoms with E-state index in [4.69, 9.17) is 4.55 Å². The van der Waals surface area contributed by atoms with Gasteiger partial charge >= 0.3 is 0 Å². The van der Waals surface area contributed by atoms with Gasteiger partial charge in [-0.1, -0.05) is 0 Å². The van der Waals surface area contributed by atoms with Crippen molar-refractivity contribution < 1.29 is 13.0 Å². The molecule has 0 atom stereocenters. The monoisotopic (exact) mass is 159 g/mol. The molecule has 0 saturated carbocycles. The van der Waals surface area contributed by atoms with E-state index in [-0.39, 0.29) is 0 Å². The van der Waals surface area contributed by atoms with E-state index in [1.165, 1.54) is 6.07 Å². The van der Waals surface area contributed by atoms with Crippen LogP contribution >= 0.6 is 0 Å². The van der Waals surface area contributed by atoms with Gasteiger partial charge in [0.1, 0.15) is 5.75 Å². The Morgan fingerprint density at radius 3 is 2.80 bits per heavy atom. The molecule has 1 aromatic rings. The molecule has 5 heteroatoms. The van der Waals surface area contributed by atoms with Crippen LogP contribution in [0.2, 0.25) is 0 Å². The molecule has 0 unspecified atom stereocenters. The van der Waals surface area contributed by atoms with E-state index in [2.05, 4.69) is 17.4 Å². The first-order chi connectivity index (χ1) is 4.58. The molecule has 0 aromatic carbocycles. The van der Waals surface area contributed by atoms with Crippen molar-refractivity contribution in [3.63, 3.8) is 0 Å². The van der Waals surface area contributed by atoms with Crippen molar-refractivity contribution in [2.75, 3.05) is 0 Å². The second-order valence-electron chi connectivity index (χ2n) is 1.79. The second-order valence-corrected chi connectivity index (χ2v) is 3.24. The van der Waals surface area contributed by atoms with Crippen LogP contribution in [0.5, 0.6) is 0 Å². The summed E-state index contributed by atoms with van der Waals surface area (Å²) >= 11 is 0. The molecule has 0 amide bonds. The molecule has 0 aliphatic rings. The van der Waals surface area contributed by atoms with Gasteiger partial charge in [-0.05, 0) is 11.6 Å². The molecule has 0 saturated heterocycles. The molecular formula is C5H5NO3S. The Kier molecular flexibility index (Phi) is 1.78. The predicted octanol–water partition coefficient (Wildman–Crippen LogP) is 0.00288. The van der Waals surface area contributed by atoms with E-state index in [1.807, 2.05) is 0 Å². The van der Waals surface area contributed by atoms with Crippen LogP contribution in [0.1, 0.15) is 5.56 Å². The van der Waals surface area contributed by atoms with Gasteiger partial charge in [-0.25, -0.2) is 0 Å². The predicted molar refractivity (Wildman–Crippen MR) is 33.7 cm³/mol. The lowest BCUT2D eigenvalue weighted by Crippen LogP contribution is -2.00. The fourth-order valence-electron chi connectivity index (χ4n) is 0.550. The SMILES string of the molecule is O=S(=O)(O)Cc1[c][nH][c]c1. The van der Waals surface area contributed by atoms with Gasteiger partial charge in [0.05, 0.1) is 12.4 Å². The molecule has 0 fully saturated rings. The molecule has 10 heavy (non-hydrogen) atoms. The minimum absolute atomic E-state index is 0.377. The first-order valence-electron chi connectivity index (χ1n) is 2.49. The van der Waals surface area contributed by atoms with Gasteiger partial charge in [0.25, 0.3) is 10.1 Å². The summed E-state index contributed by atoms with van der Waals surface area (Å²) < 4.78 is 28.7. The Morgan fingerprint density at radius 1 is 1.70 bits per heavy atom. The first-order valence-corrected chi connectivity index (χ1v) is 4.09. The number of H-pyrrole nitrogens is 1. The zero-order valence-electron chi connectivity index (χ0n) is 4.96. The van der Waals surface area contributed by atoms with Gasteiger partial charge in [-0.3, -0.25) is 4.55 Å². The van der Waals surface area contributed by atoms with Crippen molar-refractivity contribution in [2.24, 2.45) is 0 Å². The van der Waals surface area contributed by atoms with Crippen molar-refractivity contribution in [1.29, 1.82) is 0 Å². The summed E-state index contributed by atoms with van der Waals surface area (Å²) in [5.41, 5.74) is 0.377. The van der Waals surface area contributed by atoms with Crippen LogP contribution in [0, 0.1) is 12.4 Å². The van der Waals surface area contributed by atoms with E-state index in [9.17, 15) is 8.42 Å². The summed E-state index contributed by atoms with van der Waals surface area (Å²) in [6.07, 6.45) is 4.97. The summed E-state index contributed by atoms with van der Waals surface area (Å²) in [4.78, 5) is 2.43. The van der Waals surface area contributed by atoms with Gasteiger partial charge in [0.2, 0.25) is 0 Å². The lowest BCUT2D eigenvalue weighted by Gasteiger charge is -1.89. The van der Waals surface area contributed by atoms with E-state index in [0.717, 1.165) is 0 Å². The molecular weight excluding hydrogens is 154 g/mol. The van der Waals surface area contributed by atoms with Crippen LogP contribution in [0.3, 0.4) is 0 Å². The highest BCUT2D eigenvalue weighted by molar-refractivity contribution is 7.85. The van der Waals surface area contributed by atoms with Crippen molar-refractivity contribution in [3.8, 4) is 0 Å². The Bertz CT molecular complexity index is 287. The van der Waals surface area contributed by atoms with Crippen LogP contribution in [0.4, 0.5) is 0 Å². The minimum atomic E-state index is -3.92. The molecule has 2 radical (unpaired) electrons. The summed E-state index contributed by atoms with van der Waals surface area (Å²) in [5, 5.41) is 0. The molecule has 2 N–H and O–H groups in total. The molecule has 4 nitrogen and oxygen atoms in total. The maximum absolute atomic E-state index is 10.2. The number of hydrogen-bond donors (Lipinski definition) is 2. The van der Waals surface area contributed by atoms with Gasteiger partial charge < -0.3 is 4.98 Å². The average Bonchev–Trinajstić information content (AvgIpc) is 2.12. The van der Waals surface area contributed by atoms with Crippen LogP contribution in [-0.2, 0) is 15.9 Å². The summed E-state index contributed by atoms with van der Waals surface area (Å²) in [6.45, 7) is 0. The first kappa shape index (κ1) is 7.30. The Labute approximate surface area is 58.6 Å². The number of aromatic amines is 1. The van der Waals surface area contributed by atoms with Crippen LogP contribution in [-0.4, -0.2) is 18.0 Å². The van der Waals surface area contributed by atoms with E-state index in [1.54, 1.807) is 0 Å². The van der Waals surface area contributed by atoms with Crippen molar-refractivity contribution in [3.05, 3.63) is 24.0 Å². The number of rotatable bonds is 2. The second kappa shape index (κ2) is 2.43. The normalized spacial score (nSPS) is 11.7. The van der Waals surface area contributed by atoms with Gasteiger partial charge in [-0.2, -0.15) is 8.42 Å². The Hall–Kier alpha value is -0.810. The molecule has 0 spiro atoms. The lowest BCUT2D eigenvalue weighted by molar-refractivity contribution is 0.482. The third-order valence-electron chi connectivity index (χ3n) is 0.880. The molecule has 54 valence electrons. The molecule has 0 bridgehead atoms.